The highest BCUT2D eigenvalue weighted by Gasteiger charge is 2.19. The van der Waals surface area contributed by atoms with Crippen LogP contribution < -0.4 is 15.4 Å². The van der Waals surface area contributed by atoms with E-state index in [0.29, 0.717) is 21.7 Å². The van der Waals surface area contributed by atoms with Gasteiger partial charge in [0.2, 0.25) is 17.0 Å². The Hall–Kier alpha value is -3.03. The summed E-state index contributed by atoms with van der Waals surface area (Å²) < 4.78 is 27.8. The normalized spacial score (nSPS) is 12.0. The number of aromatic nitrogens is 4. The van der Waals surface area contributed by atoms with Gasteiger partial charge in [0.25, 0.3) is 10.0 Å². The number of amides is 1. The van der Waals surface area contributed by atoms with Crippen molar-refractivity contribution in [3.63, 3.8) is 0 Å². The lowest BCUT2D eigenvalue weighted by Gasteiger charge is -2.11. The van der Waals surface area contributed by atoms with E-state index < -0.39 is 15.3 Å². The highest BCUT2D eigenvalue weighted by atomic mass is 32.2. The van der Waals surface area contributed by atoms with E-state index in [9.17, 15) is 13.2 Å². The number of sulfonamides is 1. The van der Waals surface area contributed by atoms with Crippen LogP contribution in [0.5, 0.6) is 0 Å². The highest BCUT2D eigenvalue weighted by molar-refractivity contribution is 8.02. The summed E-state index contributed by atoms with van der Waals surface area (Å²) in [5.74, 6) is -0.266. The second kappa shape index (κ2) is 10.3. The maximum absolute atomic E-state index is 12.5. The maximum atomic E-state index is 12.5. The number of rotatable bonds is 10. The van der Waals surface area contributed by atoms with Gasteiger partial charge in [-0.25, -0.2) is 23.1 Å². The number of anilines is 3. The molecule has 13 heteroatoms. The quantitative estimate of drug-likeness (QED) is 0.297. The molecule has 0 saturated carbocycles. The van der Waals surface area contributed by atoms with Crippen molar-refractivity contribution in [2.75, 3.05) is 21.9 Å². The van der Waals surface area contributed by atoms with Gasteiger partial charge in [-0.05, 0) is 37.3 Å². The molecule has 0 bridgehead atoms. The maximum Gasteiger partial charge on any atom is 0.264 e. The van der Waals surface area contributed by atoms with Crippen LogP contribution in [0.4, 0.5) is 16.8 Å². The van der Waals surface area contributed by atoms with Crippen LogP contribution in [0.25, 0.3) is 0 Å². The molecule has 1 atom stereocenters. The number of benzene rings is 1. The van der Waals surface area contributed by atoms with Crippen molar-refractivity contribution in [2.24, 2.45) is 0 Å². The average Bonchev–Trinajstić information content (AvgIpc) is 3.20. The topological polar surface area (TPSA) is 139 Å². The zero-order valence-corrected chi connectivity index (χ0v) is 18.8. The lowest BCUT2D eigenvalue weighted by atomic mass is 10.3. The monoisotopic (exact) mass is 477 g/mol. The van der Waals surface area contributed by atoms with Crippen LogP contribution in [0.15, 0.2) is 64.6 Å². The molecule has 0 unspecified atom stereocenters. The van der Waals surface area contributed by atoms with Gasteiger partial charge in [-0.2, -0.15) is 0 Å². The molecule has 2 heterocycles. The molecule has 1 aromatic carbocycles. The summed E-state index contributed by atoms with van der Waals surface area (Å²) in [6, 6.07) is 7.39. The van der Waals surface area contributed by atoms with Gasteiger partial charge in [-0.1, -0.05) is 29.2 Å². The fraction of sp³-hybridized carbons (Fsp3) is 0.167. The number of hydrogen-bond donors (Lipinski definition) is 3. The molecule has 0 aliphatic rings. The first-order valence-electron chi connectivity index (χ1n) is 8.93. The predicted octanol–water partition coefficient (Wildman–Crippen LogP) is 2.85. The van der Waals surface area contributed by atoms with Gasteiger partial charge in [-0.15, -0.1) is 16.8 Å². The Kier molecular flexibility index (Phi) is 7.55. The molecule has 0 radical (unpaired) electrons. The highest BCUT2D eigenvalue weighted by Crippen LogP contribution is 2.29. The van der Waals surface area contributed by atoms with Crippen molar-refractivity contribution in [1.29, 1.82) is 0 Å². The minimum atomic E-state index is -3.84. The molecular formula is C18H19N7O3S3. The van der Waals surface area contributed by atoms with Crippen molar-refractivity contribution in [2.45, 2.75) is 21.4 Å². The first-order valence-corrected chi connectivity index (χ1v) is 12.1. The van der Waals surface area contributed by atoms with Crippen LogP contribution in [0.3, 0.4) is 0 Å². The fourth-order valence-corrected chi connectivity index (χ4v) is 5.05. The smallest absolute Gasteiger partial charge is 0.264 e. The Bertz CT molecular complexity index is 1140. The number of nitrogens with zero attached hydrogens (tertiary/aromatic N) is 4. The van der Waals surface area contributed by atoms with Crippen molar-refractivity contribution >= 4 is 55.8 Å². The first kappa shape index (κ1) is 22.7. The predicted molar refractivity (Wildman–Crippen MR) is 122 cm³/mol. The van der Waals surface area contributed by atoms with Crippen molar-refractivity contribution < 1.29 is 13.2 Å². The molecule has 10 nitrogen and oxygen atoms in total. The third-order valence-corrected chi connectivity index (χ3v) is 7.08. The van der Waals surface area contributed by atoms with E-state index in [-0.39, 0.29) is 16.8 Å². The SMILES string of the molecule is C=CCNc1nnc(S[C@@H](C)C(=O)Nc2ccc(S(=O)(=O)Nc3ncccn3)cc2)s1. The summed E-state index contributed by atoms with van der Waals surface area (Å²) in [5.41, 5.74) is 0.470. The minimum Gasteiger partial charge on any atom is -0.357 e. The van der Waals surface area contributed by atoms with E-state index in [1.807, 2.05) is 0 Å². The number of thioether (sulfide) groups is 1. The molecule has 0 aliphatic carbocycles. The van der Waals surface area contributed by atoms with E-state index in [1.165, 1.54) is 59.8 Å². The summed E-state index contributed by atoms with van der Waals surface area (Å²) in [6.07, 6.45) is 4.58. The summed E-state index contributed by atoms with van der Waals surface area (Å²) in [4.78, 5) is 20.2. The van der Waals surface area contributed by atoms with Crippen LogP contribution in [-0.2, 0) is 14.8 Å². The standard InChI is InChI=1S/C18H19N7O3S3/c1-3-9-21-17-23-24-18(30-17)29-12(2)15(26)22-13-5-7-14(8-6-13)31(27,28)25-16-19-10-4-11-20-16/h3-8,10-12H,1,9H2,2H3,(H,21,23)(H,22,26)(H,19,20,25)/t12-/m0/s1. The third-order valence-electron chi connectivity index (χ3n) is 3.67. The van der Waals surface area contributed by atoms with Gasteiger partial charge in [0.15, 0.2) is 4.34 Å². The summed E-state index contributed by atoms with van der Waals surface area (Å²) in [6.45, 7) is 5.95. The zero-order valence-electron chi connectivity index (χ0n) is 16.3. The van der Waals surface area contributed by atoms with Crippen molar-refractivity contribution in [3.8, 4) is 0 Å². The van der Waals surface area contributed by atoms with E-state index in [0.717, 1.165) is 0 Å². The van der Waals surface area contributed by atoms with Gasteiger partial charge in [0, 0.05) is 24.6 Å². The van der Waals surface area contributed by atoms with Crippen LogP contribution in [0.1, 0.15) is 6.92 Å². The molecule has 162 valence electrons. The number of carbonyl (C=O) groups is 1. The van der Waals surface area contributed by atoms with E-state index in [4.69, 9.17) is 0 Å². The van der Waals surface area contributed by atoms with Crippen molar-refractivity contribution in [3.05, 3.63) is 55.4 Å². The van der Waals surface area contributed by atoms with E-state index in [2.05, 4.69) is 42.1 Å². The second-order valence-corrected chi connectivity index (χ2v) is 10.2. The minimum absolute atomic E-state index is 0.0220. The molecule has 2 aromatic heterocycles. The summed E-state index contributed by atoms with van der Waals surface area (Å²) >= 11 is 2.63. The van der Waals surface area contributed by atoms with Gasteiger partial charge in [-0.3, -0.25) is 4.79 Å². The molecule has 31 heavy (non-hydrogen) atoms. The third kappa shape index (κ3) is 6.47. The number of nitrogens with one attached hydrogen (secondary N) is 3. The summed E-state index contributed by atoms with van der Waals surface area (Å²) in [5, 5.41) is 14.1. The largest absolute Gasteiger partial charge is 0.357 e. The molecule has 0 spiro atoms. The van der Waals surface area contributed by atoms with Gasteiger partial charge in [0.1, 0.15) is 0 Å². The molecule has 3 N–H and O–H groups in total. The summed E-state index contributed by atoms with van der Waals surface area (Å²) in [7, 11) is -3.84. The van der Waals surface area contributed by atoms with Gasteiger partial charge in [0.05, 0.1) is 10.1 Å². The Morgan fingerprint density at radius 2 is 1.94 bits per heavy atom. The molecule has 0 fully saturated rings. The van der Waals surface area contributed by atoms with E-state index >= 15 is 0 Å². The van der Waals surface area contributed by atoms with Crippen LogP contribution in [-0.4, -0.2) is 46.3 Å². The van der Waals surface area contributed by atoms with Gasteiger partial charge >= 0.3 is 0 Å². The molecule has 3 rings (SSSR count). The van der Waals surface area contributed by atoms with Gasteiger partial charge < -0.3 is 10.6 Å². The molecular weight excluding hydrogens is 458 g/mol. The molecule has 3 aromatic rings. The Balaban J connectivity index is 1.57. The second-order valence-electron chi connectivity index (χ2n) is 5.99. The zero-order chi connectivity index (χ0) is 22.3. The average molecular weight is 478 g/mol. The van der Waals surface area contributed by atoms with Crippen LogP contribution >= 0.6 is 23.1 Å². The number of hydrogen-bond acceptors (Lipinski definition) is 10. The Labute approximate surface area is 187 Å². The van der Waals surface area contributed by atoms with Crippen molar-refractivity contribution in [1.82, 2.24) is 20.2 Å². The van der Waals surface area contributed by atoms with E-state index in [1.54, 1.807) is 19.1 Å². The molecule has 0 saturated heterocycles. The Morgan fingerprint density at radius 3 is 2.61 bits per heavy atom. The Morgan fingerprint density at radius 1 is 1.23 bits per heavy atom. The lowest BCUT2D eigenvalue weighted by molar-refractivity contribution is -0.115. The fourth-order valence-electron chi connectivity index (χ4n) is 2.19. The molecule has 1 amide bonds. The number of carbonyl (C=O) groups excluding carboxylic acids is 1. The first-order chi connectivity index (χ1) is 14.9. The lowest BCUT2D eigenvalue weighted by Crippen LogP contribution is -2.22. The molecule has 0 aliphatic heterocycles. The van der Waals surface area contributed by atoms with Crippen LogP contribution in [0, 0.1) is 0 Å². The van der Waals surface area contributed by atoms with Crippen LogP contribution in [0.2, 0.25) is 0 Å².